The summed E-state index contributed by atoms with van der Waals surface area (Å²) in [7, 11) is 0. The minimum Gasteiger partial charge on any atom is -0.492 e. The summed E-state index contributed by atoms with van der Waals surface area (Å²) in [5, 5.41) is 5.66. The molecule has 1 unspecified atom stereocenters. The Balaban J connectivity index is 2.94. The van der Waals surface area contributed by atoms with Gasteiger partial charge in [0.25, 0.3) is 0 Å². The minimum atomic E-state index is -0.531. The second-order valence-electron chi connectivity index (χ2n) is 4.36. The maximum atomic E-state index is 11.7. The number of ether oxygens (including phenoxy) is 2. The zero-order valence-corrected chi connectivity index (χ0v) is 12.8. The van der Waals surface area contributed by atoms with E-state index in [1.165, 1.54) is 6.92 Å². The lowest BCUT2D eigenvalue weighted by atomic mass is 10.2. The lowest BCUT2D eigenvalue weighted by Crippen LogP contribution is -2.28. The fourth-order valence-corrected chi connectivity index (χ4v) is 1.69. The van der Waals surface area contributed by atoms with Gasteiger partial charge >= 0.3 is 5.97 Å². The highest BCUT2D eigenvalue weighted by molar-refractivity contribution is 5.89. The number of anilines is 2. The van der Waals surface area contributed by atoms with Crippen LogP contribution in [0.2, 0.25) is 0 Å². The van der Waals surface area contributed by atoms with E-state index in [9.17, 15) is 9.59 Å². The first-order valence-corrected chi connectivity index (χ1v) is 6.87. The van der Waals surface area contributed by atoms with Gasteiger partial charge in [-0.2, -0.15) is 0 Å². The molecule has 2 N–H and O–H groups in total. The van der Waals surface area contributed by atoms with Gasteiger partial charge in [-0.1, -0.05) is 0 Å². The van der Waals surface area contributed by atoms with E-state index in [0.29, 0.717) is 30.3 Å². The number of amides is 1. The number of hydrogen-bond acceptors (Lipinski definition) is 5. The van der Waals surface area contributed by atoms with Crippen LogP contribution in [-0.2, 0) is 14.3 Å². The first-order valence-electron chi connectivity index (χ1n) is 6.87. The van der Waals surface area contributed by atoms with Gasteiger partial charge in [0.2, 0.25) is 5.91 Å². The van der Waals surface area contributed by atoms with Gasteiger partial charge < -0.3 is 20.1 Å². The largest absolute Gasteiger partial charge is 0.492 e. The molecule has 0 aromatic heterocycles. The Labute approximate surface area is 124 Å². The predicted octanol–water partition coefficient (Wildman–Crippen LogP) is 2.21. The van der Waals surface area contributed by atoms with Crippen molar-refractivity contribution in [1.29, 1.82) is 0 Å². The molecule has 0 aliphatic rings. The number of benzene rings is 1. The Hall–Kier alpha value is -2.24. The van der Waals surface area contributed by atoms with Gasteiger partial charge in [0.15, 0.2) is 0 Å². The van der Waals surface area contributed by atoms with Crippen LogP contribution in [0.5, 0.6) is 5.75 Å². The van der Waals surface area contributed by atoms with Gasteiger partial charge in [0.05, 0.1) is 24.6 Å². The molecule has 6 nitrogen and oxygen atoms in total. The first kappa shape index (κ1) is 16.8. The maximum Gasteiger partial charge on any atom is 0.328 e. The van der Waals surface area contributed by atoms with Crippen molar-refractivity contribution < 1.29 is 19.1 Å². The highest BCUT2D eigenvalue weighted by Gasteiger charge is 2.16. The molecule has 6 heteroatoms. The SMILES string of the molecule is CCOC(=O)C(C)Nc1cc(NC(C)=O)[c]cc1OCC. The molecular formula is C15H21N2O4. The van der Waals surface area contributed by atoms with E-state index in [1.54, 1.807) is 26.0 Å². The normalized spacial score (nSPS) is 11.4. The Morgan fingerprint density at radius 1 is 1.33 bits per heavy atom. The Kier molecular flexibility index (Phi) is 6.52. The first-order chi connectivity index (χ1) is 9.97. The molecule has 0 saturated carbocycles. The quantitative estimate of drug-likeness (QED) is 0.754. The third-order valence-corrected chi connectivity index (χ3v) is 2.54. The number of esters is 1. The van der Waals surface area contributed by atoms with E-state index in [0.717, 1.165) is 0 Å². The lowest BCUT2D eigenvalue weighted by molar-refractivity contribution is -0.143. The monoisotopic (exact) mass is 293 g/mol. The van der Waals surface area contributed by atoms with Crippen molar-refractivity contribution in [2.24, 2.45) is 0 Å². The smallest absolute Gasteiger partial charge is 0.328 e. The molecule has 0 spiro atoms. The van der Waals surface area contributed by atoms with Crippen LogP contribution < -0.4 is 15.4 Å². The zero-order valence-electron chi connectivity index (χ0n) is 12.8. The molecule has 21 heavy (non-hydrogen) atoms. The number of rotatable bonds is 7. The van der Waals surface area contributed by atoms with Crippen molar-refractivity contribution in [3.63, 3.8) is 0 Å². The zero-order chi connectivity index (χ0) is 15.8. The Morgan fingerprint density at radius 3 is 2.62 bits per heavy atom. The fraction of sp³-hybridized carbons (Fsp3) is 0.467. The van der Waals surface area contributed by atoms with Crippen LogP contribution in [0.15, 0.2) is 12.1 Å². The van der Waals surface area contributed by atoms with Gasteiger partial charge in [0.1, 0.15) is 11.8 Å². The summed E-state index contributed by atoms with van der Waals surface area (Å²) >= 11 is 0. The number of nitrogens with one attached hydrogen (secondary N) is 2. The van der Waals surface area contributed by atoms with Gasteiger partial charge in [-0.25, -0.2) is 4.79 Å². The van der Waals surface area contributed by atoms with Gasteiger partial charge in [0, 0.05) is 13.0 Å². The molecule has 1 atom stereocenters. The molecular weight excluding hydrogens is 272 g/mol. The van der Waals surface area contributed by atoms with Crippen LogP contribution in [0, 0.1) is 6.07 Å². The third kappa shape index (κ3) is 5.33. The molecule has 0 saturated heterocycles. The van der Waals surface area contributed by atoms with Crippen molar-refractivity contribution in [3.05, 3.63) is 18.2 Å². The highest BCUT2D eigenvalue weighted by atomic mass is 16.5. The Bertz CT molecular complexity index is 502. The van der Waals surface area contributed by atoms with Gasteiger partial charge in [-0.15, -0.1) is 0 Å². The standard InChI is InChI=1S/C15H21N2O4/c1-5-20-14-8-7-12(17-11(4)18)9-13(14)16-10(3)15(19)21-6-2/h8-10,16H,5-6H2,1-4H3,(H,17,18). The summed E-state index contributed by atoms with van der Waals surface area (Å²) in [6, 6.07) is 5.67. The summed E-state index contributed by atoms with van der Waals surface area (Å²) in [5.74, 6) is 0.0106. The summed E-state index contributed by atoms with van der Waals surface area (Å²) in [6.07, 6.45) is 0. The molecule has 0 heterocycles. The van der Waals surface area contributed by atoms with Gasteiger partial charge in [-0.05, 0) is 32.9 Å². The number of carbonyl (C=O) groups excluding carboxylic acids is 2. The lowest BCUT2D eigenvalue weighted by Gasteiger charge is -2.18. The summed E-state index contributed by atoms with van der Waals surface area (Å²) in [5.41, 5.74) is 1.10. The molecule has 115 valence electrons. The van der Waals surface area contributed by atoms with Crippen LogP contribution in [0.4, 0.5) is 11.4 Å². The van der Waals surface area contributed by atoms with Crippen LogP contribution >= 0.6 is 0 Å². The van der Waals surface area contributed by atoms with Crippen molar-refractivity contribution in [2.45, 2.75) is 33.7 Å². The predicted molar refractivity (Wildman–Crippen MR) is 80.5 cm³/mol. The number of carbonyl (C=O) groups is 2. The topological polar surface area (TPSA) is 76.7 Å². The van der Waals surface area contributed by atoms with Crippen LogP contribution in [-0.4, -0.2) is 31.1 Å². The molecule has 1 rings (SSSR count). The van der Waals surface area contributed by atoms with Crippen molar-refractivity contribution in [3.8, 4) is 5.75 Å². The van der Waals surface area contributed by atoms with E-state index >= 15 is 0 Å². The van der Waals surface area contributed by atoms with Crippen LogP contribution in [0.3, 0.4) is 0 Å². The molecule has 0 bridgehead atoms. The molecule has 1 aromatic carbocycles. The molecule has 1 amide bonds. The molecule has 1 aromatic rings. The van der Waals surface area contributed by atoms with Gasteiger partial charge in [-0.3, -0.25) is 4.79 Å². The van der Waals surface area contributed by atoms with Crippen molar-refractivity contribution in [1.82, 2.24) is 0 Å². The van der Waals surface area contributed by atoms with E-state index in [4.69, 9.17) is 9.47 Å². The third-order valence-electron chi connectivity index (χ3n) is 2.54. The molecule has 0 fully saturated rings. The van der Waals surface area contributed by atoms with Crippen LogP contribution in [0.1, 0.15) is 27.7 Å². The molecule has 0 aliphatic carbocycles. The Morgan fingerprint density at radius 2 is 2.05 bits per heavy atom. The molecule has 0 aliphatic heterocycles. The number of hydrogen-bond donors (Lipinski definition) is 2. The van der Waals surface area contributed by atoms with Crippen molar-refractivity contribution >= 4 is 23.3 Å². The average molecular weight is 293 g/mol. The second-order valence-corrected chi connectivity index (χ2v) is 4.36. The van der Waals surface area contributed by atoms with Crippen molar-refractivity contribution in [2.75, 3.05) is 23.8 Å². The van der Waals surface area contributed by atoms with E-state index in [1.807, 2.05) is 6.92 Å². The summed E-state index contributed by atoms with van der Waals surface area (Å²) in [4.78, 5) is 22.8. The molecule has 1 radical (unpaired) electrons. The second kappa shape index (κ2) is 8.14. The van der Waals surface area contributed by atoms with E-state index in [-0.39, 0.29) is 11.9 Å². The minimum absolute atomic E-state index is 0.195. The van der Waals surface area contributed by atoms with E-state index < -0.39 is 6.04 Å². The average Bonchev–Trinajstić information content (AvgIpc) is 2.41. The highest BCUT2D eigenvalue weighted by Crippen LogP contribution is 2.28. The van der Waals surface area contributed by atoms with Crippen LogP contribution in [0.25, 0.3) is 0 Å². The van der Waals surface area contributed by atoms with E-state index in [2.05, 4.69) is 16.7 Å². The summed E-state index contributed by atoms with van der Waals surface area (Å²) < 4.78 is 10.4. The maximum absolute atomic E-state index is 11.7. The fourth-order valence-electron chi connectivity index (χ4n) is 1.69. The summed E-state index contributed by atoms with van der Waals surface area (Å²) in [6.45, 7) is 7.53.